The van der Waals surface area contributed by atoms with Crippen molar-refractivity contribution in [2.24, 2.45) is 16.8 Å². The lowest BCUT2D eigenvalue weighted by molar-refractivity contribution is -0.152. The molecular formula is C10H9F6N3O. The van der Waals surface area contributed by atoms with Crippen LogP contribution in [0.1, 0.15) is 0 Å². The molecule has 112 valence electrons. The zero-order valence-electron chi connectivity index (χ0n) is 9.68. The van der Waals surface area contributed by atoms with E-state index < -0.39 is 47.6 Å². The number of alkyl halides is 3. The number of halogens is 6. The van der Waals surface area contributed by atoms with E-state index in [1.807, 2.05) is 5.32 Å². The number of benzene rings is 1. The zero-order valence-corrected chi connectivity index (χ0v) is 9.68. The molecule has 1 rings (SSSR count). The monoisotopic (exact) mass is 301 g/mol. The summed E-state index contributed by atoms with van der Waals surface area (Å²) < 4.78 is 76.1. The Morgan fingerprint density at radius 2 is 1.75 bits per heavy atom. The van der Waals surface area contributed by atoms with Gasteiger partial charge in [0, 0.05) is 24.4 Å². The molecule has 0 heterocycles. The first kappa shape index (κ1) is 15.9. The Balaban J connectivity index is 2.89. The summed E-state index contributed by atoms with van der Waals surface area (Å²) >= 11 is 0. The highest BCUT2D eigenvalue weighted by Crippen LogP contribution is 2.27. The van der Waals surface area contributed by atoms with Crippen molar-refractivity contribution < 1.29 is 31.5 Å². The third-order valence-electron chi connectivity index (χ3n) is 2.36. The predicted molar refractivity (Wildman–Crippen MR) is 57.8 cm³/mol. The molecule has 0 aliphatic carbocycles. The second-order valence-electron chi connectivity index (χ2n) is 3.75. The first-order valence-corrected chi connectivity index (χ1v) is 5.09. The summed E-state index contributed by atoms with van der Waals surface area (Å²) in [6.07, 6.45) is -4.83. The lowest BCUT2D eigenvalue weighted by atomic mass is 10.1. The van der Waals surface area contributed by atoms with E-state index in [0.717, 1.165) is 0 Å². The fraction of sp³-hybridized carbons (Fsp3) is 0.300. The second-order valence-corrected chi connectivity index (χ2v) is 3.75. The number of nitrogens with zero attached hydrogens (tertiary/aromatic N) is 1. The van der Waals surface area contributed by atoms with Crippen LogP contribution in [-0.4, -0.2) is 23.8 Å². The van der Waals surface area contributed by atoms with Gasteiger partial charge in [-0.3, -0.25) is 0 Å². The number of anilines is 1. The van der Waals surface area contributed by atoms with E-state index in [1.54, 1.807) is 0 Å². The molecule has 20 heavy (non-hydrogen) atoms. The molecule has 0 radical (unpaired) electrons. The van der Waals surface area contributed by atoms with Gasteiger partial charge in [0.25, 0.3) is 0 Å². The number of oxime groups is 1. The molecule has 1 unspecified atom stereocenters. The number of hydrogen-bond acceptors (Lipinski definition) is 3. The van der Waals surface area contributed by atoms with Crippen molar-refractivity contribution in [1.29, 1.82) is 0 Å². The molecule has 4 N–H and O–H groups in total. The van der Waals surface area contributed by atoms with Crippen LogP contribution in [0.4, 0.5) is 32.0 Å². The van der Waals surface area contributed by atoms with Crippen LogP contribution in [0.2, 0.25) is 0 Å². The van der Waals surface area contributed by atoms with Crippen LogP contribution in [0.25, 0.3) is 0 Å². The smallest absolute Gasteiger partial charge is 0.400 e. The molecule has 0 amide bonds. The van der Waals surface area contributed by atoms with Gasteiger partial charge in [0.05, 0.1) is 0 Å². The van der Waals surface area contributed by atoms with Gasteiger partial charge in [-0.15, -0.1) is 0 Å². The van der Waals surface area contributed by atoms with Crippen LogP contribution in [0.5, 0.6) is 0 Å². The summed E-state index contributed by atoms with van der Waals surface area (Å²) in [4.78, 5) is 0. The van der Waals surface area contributed by atoms with Gasteiger partial charge < -0.3 is 16.3 Å². The first-order chi connectivity index (χ1) is 9.16. The van der Waals surface area contributed by atoms with Crippen molar-refractivity contribution in [1.82, 2.24) is 0 Å². The average Bonchev–Trinajstić information content (AvgIpc) is 2.34. The summed E-state index contributed by atoms with van der Waals surface area (Å²) in [6, 6.07) is 0.969. The van der Waals surface area contributed by atoms with Crippen LogP contribution in [0.3, 0.4) is 0 Å². The van der Waals surface area contributed by atoms with Crippen molar-refractivity contribution in [3.8, 4) is 0 Å². The molecule has 0 fully saturated rings. The predicted octanol–water partition coefficient (Wildman–Crippen LogP) is 2.44. The van der Waals surface area contributed by atoms with Gasteiger partial charge in [0.1, 0.15) is 5.92 Å². The summed E-state index contributed by atoms with van der Waals surface area (Å²) in [7, 11) is 0. The Morgan fingerprint density at radius 3 is 2.15 bits per heavy atom. The van der Waals surface area contributed by atoms with Gasteiger partial charge in [-0.1, -0.05) is 5.16 Å². The maximum absolute atomic E-state index is 12.9. The van der Waals surface area contributed by atoms with Gasteiger partial charge in [0.15, 0.2) is 23.3 Å². The number of nitrogens with two attached hydrogens (primary N) is 1. The van der Waals surface area contributed by atoms with Crippen molar-refractivity contribution in [3.63, 3.8) is 0 Å². The number of hydrogen-bond donors (Lipinski definition) is 3. The molecule has 0 saturated carbocycles. The Kier molecular flexibility index (Phi) is 4.69. The fourth-order valence-corrected chi connectivity index (χ4v) is 1.34. The average molecular weight is 301 g/mol. The molecular weight excluding hydrogens is 292 g/mol. The Hall–Kier alpha value is -2.13. The van der Waals surface area contributed by atoms with E-state index in [2.05, 4.69) is 5.16 Å². The minimum atomic E-state index is -4.83. The molecule has 0 saturated heterocycles. The van der Waals surface area contributed by atoms with Gasteiger partial charge in [-0.25, -0.2) is 13.2 Å². The molecule has 0 aliphatic rings. The van der Waals surface area contributed by atoms with E-state index in [1.165, 1.54) is 0 Å². The Labute approximate surface area is 108 Å². The normalized spacial score (nSPS) is 14.2. The van der Waals surface area contributed by atoms with Crippen LogP contribution < -0.4 is 11.1 Å². The van der Waals surface area contributed by atoms with Gasteiger partial charge in [-0.05, 0) is 0 Å². The minimum absolute atomic E-state index is 0.415. The van der Waals surface area contributed by atoms with Crippen molar-refractivity contribution >= 4 is 11.5 Å². The zero-order chi connectivity index (χ0) is 15.5. The standard InChI is InChI=1S/C10H9F6N3O/c11-6-1-4(2-7(12)8(6)13)18-3-5(9(17)19-20)10(14,15)16/h1-2,5,18,20H,3H2,(H2,17,19). The summed E-state index contributed by atoms with van der Waals surface area (Å²) in [6.45, 7) is -0.941. The Bertz CT molecular complexity index is 493. The van der Waals surface area contributed by atoms with Crippen molar-refractivity contribution in [2.75, 3.05) is 11.9 Å². The highest BCUT2D eigenvalue weighted by atomic mass is 19.4. The van der Waals surface area contributed by atoms with Crippen LogP contribution in [0, 0.1) is 23.4 Å². The molecule has 0 bridgehead atoms. The van der Waals surface area contributed by atoms with E-state index in [0.29, 0.717) is 12.1 Å². The molecule has 0 aliphatic heterocycles. The maximum atomic E-state index is 12.9. The molecule has 1 aromatic rings. The number of amidine groups is 1. The quantitative estimate of drug-likeness (QED) is 0.200. The number of rotatable bonds is 4. The van der Waals surface area contributed by atoms with E-state index in [-0.39, 0.29) is 0 Å². The van der Waals surface area contributed by atoms with E-state index in [4.69, 9.17) is 10.9 Å². The van der Waals surface area contributed by atoms with Gasteiger partial charge in [-0.2, -0.15) is 13.2 Å². The lowest BCUT2D eigenvalue weighted by Gasteiger charge is -2.19. The topological polar surface area (TPSA) is 70.6 Å². The Morgan fingerprint density at radius 1 is 1.25 bits per heavy atom. The molecule has 1 aromatic carbocycles. The molecule has 1 atom stereocenters. The maximum Gasteiger partial charge on any atom is 0.400 e. The highest BCUT2D eigenvalue weighted by molar-refractivity contribution is 5.83. The third kappa shape index (κ3) is 3.68. The van der Waals surface area contributed by atoms with Gasteiger partial charge in [0.2, 0.25) is 0 Å². The lowest BCUT2D eigenvalue weighted by Crippen LogP contribution is -2.40. The largest absolute Gasteiger partial charge is 0.409 e. The van der Waals surface area contributed by atoms with Crippen molar-refractivity contribution in [3.05, 3.63) is 29.6 Å². The summed E-state index contributed by atoms with van der Waals surface area (Å²) in [5, 5.41) is 12.5. The van der Waals surface area contributed by atoms with E-state index in [9.17, 15) is 26.3 Å². The summed E-state index contributed by atoms with van der Waals surface area (Å²) in [5.41, 5.74) is 4.47. The molecule has 0 spiro atoms. The number of nitrogens with one attached hydrogen (secondary N) is 1. The van der Waals surface area contributed by atoms with Gasteiger partial charge >= 0.3 is 6.18 Å². The molecule has 10 heteroatoms. The highest BCUT2D eigenvalue weighted by Gasteiger charge is 2.42. The van der Waals surface area contributed by atoms with Crippen LogP contribution in [-0.2, 0) is 0 Å². The molecule has 0 aromatic heterocycles. The van der Waals surface area contributed by atoms with Crippen LogP contribution in [0.15, 0.2) is 17.3 Å². The van der Waals surface area contributed by atoms with Crippen LogP contribution >= 0.6 is 0 Å². The fourth-order valence-electron chi connectivity index (χ4n) is 1.34. The molecule has 4 nitrogen and oxygen atoms in total. The first-order valence-electron chi connectivity index (χ1n) is 5.09. The van der Waals surface area contributed by atoms with Crippen molar-refractivity contribution in [2.45, 2.75) is 6.18 Å². The summed E-state index contributed by atoms with van der Waals surface area (Å²) in [5.74, 6) is -8.34. The third-order valence-corrected chi connectivity index (χ3v) is 2.36. The second kappa shape index (κ2) is 5.88. The van der Waals surface area contributed by atoms with E-state index >= 15 is 0 Å². The SMILES string of the molecule is N/C(=N/O)C(CNc1cc(F)c(F)c(F)c1)C(F)(F)F. The minimum Gasteiger partial charge on any atom is -0.409 e.